The molecule has 0 aromatic heterocycles. The van der Waals surface area contributed by atoms with Gasteiger partial charge in [0.25, 0.3) is 0 Å². The molecule has 11 heavy (non-hydrogen) atoms. The lowest BCUT2D eigenvalue weighted by Crippen LogP contribution is -2.32. The van der Waals surface area contributed by atoms with Crippen LogP contribution in [0.2, 0.25) is 0 Å². The second-order valence-electron chi connectivity index (χ2n) is 2.71. The molecule has 0 radical (unpaired) electrons. The Labute approximate surface area is 67.7 Å². The zero-order valence-electron chi connectivity index (χ0n) is 7.26. The minimum absolute atomic E-state index is 0.0799. The van der Waals surface area contributed by atoms with Gasteiger partial charge in [0.15, 0.2) is 0 Å². The van der Waals surface area contributed by atoms with Gasteiger partial charge < -0.3 is 16.0 Å². The lowest BCUT2D eigenvalue weighted by atomic mass is 10.4. The molecule has 0 rings (SSSR count). The van der Waals surface area contributed by atoms with Gasteiger partial charge in [-0.2, -0.15) is 0 Å². The van der Waals surface area contributed by atoms with Gasteiger partial charge in [-0.25, -0.2) is 0 Å². The van der Waals surface area contributed by atoms with Crippen LogP contribution in [0, 0.1) is 0 Å². The Morgan fingerprint density at radius 2 is 2.18 bits per heavy atom. The zero-order valence-corrected chi connectivity index (χ0v) is 7.26. The fourth-order valence-electron chi connectivity index (χ4n) is 0.695. The molecule has 4 heteroatoms. The third kappa shape index (κ3) is 7.29. The number of hydrogen-bond acceptors (Lipinski definition) is 3. The third-order valence-corrected chi connectivity index (χ3v) is 1.29. The number of carbonyl (C=O) groups is 1. The molecule has 1 amide bonds. The molecule has 0 heterocycles. The summed E-state index contributed by atoms with van der Waals surface area (Å²) in [6, 6.07) is 0. The predicted octanol–water partition coefficient (Wildman–Crippen LogP) is -0.987. The van der Waals surface area contributed by atoms with Gasteiger partial charge in [0.2, 0.25) is 5.91 Å². The van der Waals surface area contributed by atoms with E-state index in [1.54, 1.807) is 0 Å². The van der Waals surface area contributed by atoms with E-state index in [2.05, 4.69) is 10.2 Å². The Morgan fingerprint density at radius 3 is 2.64 bits per heavy atom. The summed E-state index contributed by atoms with van der Waals surface area (Å²) in [5.41, 5.74) is 5.09. The molecule has 0 aliphatic heterocycles. The normalized spacial score (nSPS) is 10.2. The van der Waals surface area contributed by atoms with Crippen molar-refractivity contribution < 1.29 is 4.79 Å². The van der Waals surface area contributed by atoms with E-state index in [1.807, 2.05) is 14.1 Å². The minimum atomic E-state index is -0.0799. The van der Waals surface area contributed by atoms with Gasteiger partial charge in [-0.05, 0) is 27.1 Å². The van der Waals surface area contributed by atoms with Crippen LogP contribution in [0.15, 0.2) is 0 Å². The Bertz CT molecular complexity index is 114. The van der Waals surface area contributed by atoms with Crippen molar-refractivity contribution >= 4 is 5.91 Å². The highest BCUT2D eigenvalue weighted by Gasteiger charge is 1.95. The second-order valence-corrected chi connectivity index (χ2v) is 2.71. The van der Waals surface area contributed by atoms with E-state index >= 15 is 0 Å². The van der Waals surface area contributed by atoms with Gasteiger partial charge >= 0.3 is 0 Å². The molecular weight excluding hydrogens is 142 g/mol. The number of rotatable bonds is 5. The van der Waals surface area contributed by atoms with E-state index in [9.17, 15) is 4.79 Å². The molecule has 3 N–H and O–H groups in total. The molecule has 4 nitrogen and oxygen atoms in total. The second kappa shape index (κ2) is 6.12. The molecule has 0 aromatic rings. The summed E-state index contributed by atoms with van der Waals surface area (Å²) in [4.78, 5) is 12.7. The largest absolute Gasteiger partial charge is 0.355 e. The van der Waals surface area contributed by atoms with Crippen LogP contribution >= 0.6 is 0 Å². The summed E-state index contributed by atoms with van der Waals surface area (Å²) < 4.78 is 0. The monoisotopic (exact) mass is 159 g/mol. The van der Waals surface area contributed by atoms with Crippen molar-refractivity contribution in [2.24, 2.45) is 5.73 Å². The molecule has 0 aliphatic carbocycles. The average molecular weight is 159 g/mol. The standard InChI is InChI=1S/C7H17N3O/c1-10(2)5-3-4-9-7(11)6-8/h3-6,8H2,1-2H3,(H,9,11). The van der Waals surface area contributed by atoms with Crippen molar-refractivity contribution in [1.29, 1.82) is 0 Å². The highest BCUT2D eigenvalue weighted by Crippen LogP contribution is 1.79. The fourth-order valence-corrected chi connectivity index (χ4v) is 0.695. The van der Waals surface area contributed by atoms with Crippen molar-refractivity contribution in [3.8, 4) is 0 Å². The first-order valence-corrected chi connectivity index (χ1v) is 3.78. The number of amides is 1. The number of hydrogen-bond donors (Lipinski definition) is 2. The maximum atomic E-state index is 10.6. The van der Waals surface area contributed by atoms with Crippen LogP contribution in [0.1, 0.15) is 6.42 Å². The van der Waals surface area contributed by atoms with Crippen LogP contribution < -0.4 is 11.1 Å². The number of nitrogens with one attached hydrogen (secondary N) is 1. The molecule has 0 aliphatic rings. The fraction of sp³-hybridized carbons (Fsp3) is 0.857. The van der Waals surface area contributed by atoms with E-state index in [0.717, 1.165) is 13.0 Å². The van der Waals surface area contributed by atoms with Crippen LogP contribution in [0.5, 0.6) is 0 Å². The van der Waals surface area contributed by atoms with E-state index in [0.29, 0.717) is 6.54 Å². The first kappa shape index (κ1) is 10.4. The smallest absolute Gasteiger partial charge is 0.233 e. The summed E-state index contributed by atoms with van der Waals surface area (Å²) in [5, 5.41) is 2.70. The Balaban J connectivity index is 3.08. The van der Waals surface area contributed by atoms with Gasteiger partial charge in [-0.15, -0.1) is 0 Å². The van der Waals surface area contributed by atoms with Crippen LogP contribution in [-0.4, -0.2) is 44.5 Å². The van der Waals surface area contributed by atoms with Crippen molar-refractivity contribution in [2.75, 3.05) is 33.7 Å². The Morgan fingerprint density at radius 1 is 1.55 bits per heavy atom. The molecule has 0 saturated heterocycles. The van der Waals surface area contributed by atoms with Crippen molar-refractivity contribution in [3.63, 3.8) is 0 Å². The minimum Gasteiger partial charge on any atom is -0.355 e. The van der Waals surface area contributed by atoms with Gasteiger partial charge in [0.1, 0.15) is 0 Å². The Kier molecular flexibility index (Phi) is 5.78. The summed E-state index contributed by atoms with van der Waals surface area (Å²) in [5.74, 6) is -0.0799. The van der Waals surface area contributed by atoms with Gasteiger partial charge in [0, 0.05) is 6.54 Å². The lowest BCUT2D eigenvalue weighted by Gasteiger charge is -2.08. The quantitative estimate of drug-likeness (QED) is 0.507. The highest BCUT2D eigenvalue weighted by molar-refractivity contribution is 5.77. The number of nitrogens with two attached hydrogens (primary N) is 1. The molecular formula is C7H17N3O. The zero-order chi connectivity index (χ0) is 8.69. The van der Waals surface area contributed by atoms with E-state index < -0.39 is 0 Å². The van der Waals surface area contributed by atoms with Crippen molar-refractivity contribution in [1.82, 2.24) is 10.2 Å². The molecule has 0 bridgehead atoms. The molecule has 0 fully saturated rings. The first-order chi connectivity index (χ1) is 5.16. The molecule has 0 saturated carbocycles. The summed E-state index contributed by atoms with van der Waals surface area (Å²) >= 11 is 0. The van der Waals surface area contributed by atoms with Crippen LogP contribution in [-0.2, 0) is 4.79 Å². The molecule has 0 spiro atoms. The number of nitrogens with zero attached hydrogens (tertiary/aromatic N) is 1. The molecule has 66 valence electrons. The average Bonchev–Trinajstić information content (AvgIpc) is 1.97. The van der Waals surface area contributed by atoms with Gasteiger partial charge in [0.05, 0.1) is 6.54 Å². The first-order valence-electron chi connectivity index (χ1n) is 3.78. The molecule has 0 unspecified atom stereocenters. The summed E-state index contributed by atoms with van der Waals surface area (Å²) in [6.07, 6.45) is 0.971. The SMILES string of the molecule is CN(C)CCCNC(=O)CN. The molecule has 0 aromatic carbocycles. The van der Waals surface area contributed by atoms with Crippen LogP contribution in [0.25, 0.3) is 0 Å². The lowest BCUT2D eigenvalue weighted by molar-refractivity contribution is -0.119. The van der Waals surface area contributed by atoms with Crippen molar-refractivity contribution in [3.05, 3.63) is 0 Å². The third-order valence-electron chi connectivity index (χ3n) is 1.29. The van der Waals surface area contributed by atoms with Gasteiger partial charge in [-0.3, -0.25) is 4.79 Å². The van der Waals surface area contributed by atoms with E-state index in [1.165, 1.54) is 0 Å². The van der Waals surface area contributed by atoms with Crippen molar-refractivity contribution in [2.45, 2.75) is 6.42 Å². The maximum absolute atomic E-state index is 10.6. The Hall–Kier alpha value is -0.610. The topological polar surface area (TPSA) is 58.4 Å². The predicted molar refractivity (Wildman–Crippen MR) is 45.2 cm³/mol. The van der Waals surface area contributed by atoms with Gasteiger partial charge in [-0.1, -0.05) is 0 Å². The summed E-state index contributed by atoms with van der Waals surface area (Å²) in [7, 11) is 4.01. The maximum Gasteiger partial charge on any atom is 0.233 e. The van der Waals surface area contributed by atoms with E-state index in [-0.39, 0.29) is 12.5 Å². The molecule has 0 atom stereocenters. The van der Waals surface area contributed by atoms with Crippen LogP contribution in [0.3, 0.4) is 0 Å². The number of carbonyl (C=O) groups excluding carboxylic acids is 1. The highest BCUT2D eigenvalue weighted by atomic mass is 16.1. The summed E-state index contributed by atoms with van der Waals surface area (Å²) in [6.45, 7) is 1.79. The van der Waals surface area contributed by atoms with Crippen LogP contribution in [0.4, 0.5) is 0 Å². The van der Waals surface area contributed by atoms with E-state index in [4.69, 9.17) is 5.73 Å².